The van der Waals surface area contributed by atoms with Crippen LogP contribution >= 0.6 is 0 Å². The summed E-state index contributed by atoms with van der Waals surface area (Å²) < 4.78 is 10.5. The predicted octanol–water partition coefficient (Wildman–Crippen LogP) is 3.99. The summed E-state index contributed by atoms with van der Waals surface area (Å²) in [6.07, 6.45) is 1.63. The van der Waals surface area contributed by atoms with Crippen LogP contribution in [-0.2, 0) is 11.3 Å². The summed E-state index contributed by atoms with van der Waals surface area (Å²) in [5.41, 5.74) is 2.47. The number of aromatic nitrogens is 1. The molecule has 1 saturated heterocycles. The lowest BCUT2D eigenvalue weighted by atomic mass is 9.84. The van der Waals surface area contributed by atoms with Crippen LogP contribution in [0.5, 0.6) is 11.5 Å². The largest absolute Gasteiger partial charge is 0.497 e. The molecule has 0 spiro atoms. The Kier molecular flexibility index (Phi) is 6.87. The maximum Gasteiger partial charge on any atom is 0.270 e. The van der Waals surface area contributed by atoms with Crippen LogP contribution in [-0.4, -0.2) is 49.0 Å². The highest BCUT2D eigenvalue weighted by Crippen LogP contribution is 2.27. The van der Waals surface area contributed by atoms with Gasteiger partial charge in [-0.1, -0.05) is 19.1 Å². The number of likely N-dealkylation sites (tertiary alicyclic amines) is 1. The molecule has 174 valence electrons. The average molecular weight is 450 g/mol. The fourth-order valence-electron chi connectivity index (χ4n) is 4.47. The molecule has 0 aliphatic carbocycles. The van der Waals surface area contributed by atoms with Gasteiger partial charge in [0.05, 0.1) is 14.2 Å². The number of piperidine rings is 1. The molecule has 2 heterocycles. The summed E-state index contributed by atoms with van der Waals surface area (Å²) in [6, 6.07) is 15.3. The number of hydrogen-bond acceptors (Lipinski definition) is 4. The smallest absolute Gasteiger partial charge is 0.270 e. The molecular weight excluding hydrogens is 418 g/mol. The van der Waals surface area contributed by atoms with Crippen molar-refractivity contribution in [3.8, 4) is 11.5 Å². The Morgan fingerprint density at radius 2 is 1.79 bits per heavy atom. The lowest BCUT2D eigenvalue weighted by Crippen LogP contribution is -2.42. The lowest BCUT2D eigenvalue weighted by molar-refractivity contribution is -0.126. The predicted molar refractivity (Wildman–Crippen MR) is 127 cm³/mol. The molecule has 1 fully saturated rings. The third-order valence-corrected chi connectivity index (χ3v) is 6.61. The number of benzene rings is 2. The van der Waals surface area contributed by atoms with Gasteiger partial charge in [0.2, 0.25) is 5.91 Å². The quantitative estimate of drug-likeness (QED) is 0.571. The fourth-order valence-corrected chi connectivity index (χ4v) is 4.47. The van der Waals surface area contributed by atoms with E-state index in [0.29, 0.717) is 25.3 Å². The SMILES string of the molecule is COc1cccc(CNC(=O)C(C)C2CCN(C(=O)c3cc4ccc(OC)cc4[nH]3)CC2)c1. The first-order valence-corrected chi connectivity index (χ1v) is 11.3. The molecule has 1 aliphatic heterocycles. The minimum atomic E-state index is -0.103. The minimum Gasteiger partial charge on any atom is -0.497 e. The molecule has 3 aromatic rings. The Morgan fingerprint density at radius 1 is 1.06 bits per heavy atom. The number of hydrogen-bond donors (Lipinski definition) is 2. The van der Waals surface area contributed by atoms with Gasteiger partial charge in [-0.3, -0.25) is 9.59 Å². The van der Waals surface area contributed by atoms with E-state index >= 15 is 0 Å². The van der Waals surface area contributed by atoms with Gasteiger partial charge in [0.1, 0.15) is 17.2 Å². The Balaban J connectivity index is 1.30. The van der Waals surface area contributed by atoms with Crippen molar-refractivity contribution < 1.29 is 19.1 Å². The number of carbonyl (C=O) groups excluding carboxylic acids is 2. The lowest BCUT2D eigenvalue weighted by Gasteiger charge is -2.34. The monoisotopic (exact) mass is 449 g/mol. The molecule has 7 nitrogen and oxygen atoms in total. The maximum atomic E-state index is 13.0. The van der Waals surface area contributed by atoms with Gasteiger partial charge in [0.15, 0.2) is 0 Å². The van der Waals surface area contributed by atoms with Gasteiger partial charge in [-0.05, 0) is 54.7 Å². The van der Waals surface area contributed by atoms with Crippen LogP contribution in [0.1, 0.15) is 35.8 Å². The van der Waals surface area contributed by atoms with Crippen LogP contribution in [0.2, 0.25) is 0 Å². The molecule has 1 aliphatic rings. The van der Waals surface area contributed by atoms with Crippen LogP contribution in [0.25, 0.3) is 10.9 Å². The molecule has 7 heteroatoms. The Labute approximate surface area is 194 Å². The van der Waals surface area contributed by atoms with Gasteiger partial charge in [-0.25, -0.2) is 0 Å². The van der Waals surface area contributed by atoms with E-state index < -0.39 is 0 Å². The highest BCUT2D eigenvalue weighted by molar-refractivity contribution is 5.98. The van der Waals surface area contributed by atoms with Gasteiger partial charge in [0, 0.05) is 42.5 Å². The van der Waals surface area contributed by atoms with E-state index in [9.17, 15) is 9.59 Å². The van der Waals surface area contributed by atoms with E-state index in [2.05, 4.69) is 10.3 Å². The Bertz CT molecular complexity index is 1130. The van der Waals surface area contributed by atoms with Crippen molar-refractivity contribution in [3.63, 3.8) is 0 Å². The zero-order valence-electron chi connectivity index (χ0n) is 19.4. The normalized spacial score (nSPS) is 15.3. The summed E-state index contributed by atoms with van der Waals surface area (Å²) in [6.45, 7) is 3.75. The van der Waals surface area contributed by atoms with E-state index in [1.54, 1.807) is 14.2 Å². The van der Waals surface area contributed by atoms with Crippen molar-refractivity contribution in [1.82, 2.24) is 15.2 Å². The van der Waals surface area contributed by atoms with Crippen molar-refractivity contribution in [2.75, 3.05) is 27.3 Å². The fraction of sp³-hybridized carbons (Fsp3) is 0.385. The van der Waals surface area contributed by atoms with Crippen molar-refractivity contribution in [2.24, 2.45) is 11.8 Å². The molecule has 2 aromatic carbocycles. The van der Waals surface area contributed by atoms with Crippen LogP contribution in [0.15, 0.2) is 48.5 Å². The summed E-state index contributed by atoms with van der Waals surface area (Å²) in [5.74, 6) is 1.73. The highest BCUT2D eigenvalue weighted by Gasteiger charge is 2.30. The highest BCUT2D eigenvalue weighted by atomic mass is 16.5. The standard InChI is InChI=1S/C26H31N3O4/c1-17(25(30)27-16-18-5-4-6-21(13-18)32-2)19-9-11-29(12-10-19)26(31)24-14-20-7-8-22(33-3)15-23(20)28-24/h4-8,13-15,17,19,28H,9-12,16H2,1-3H3,(H,27,30). The zero-order chi connectivity index (χ0) is 23.4. The van der Waals surface area contributed by atoms with Crippen molar-refractivity contribution in [2.45, 2.75) is 26.3 Å². The van der Waals surface area contributed by atoms with Crippen LogP contribution < -0.4 is 14.8 Å². The average Bonchev–Trinajstić information content (AvgIpc) is 3.30. The molecule has 0 bridgehead atoms. The number of aromatic amines is 1. The van der Waals surface area contributed by atoms with Crippen LogP contribution in [0, 0.1) is 11.8 Å². The first-order valence-electron chi connectivity index (χ1n) is 11.3. The molecule has 0 radical (unpaired) electrons. The van der Waals surface area contributed by atoms with E-state index in [0.717, 1.165) is 40.8 Å². The molecule has 2 N–H and O–H groups in total. The molecule has 0 saturated carbocycles. The van der Waals surface area contributed by atoms with E-state index in [1.807, 2.05) is 60.4 Å². The van der Waals surface area contributed by atoms with Gasteiger partial charge in [0.25, 0.3) is 5.91 Å². The van der Waals surface area contributed by atoms with Gasteiger partial charge in [-0.2, -0.15) is 0 Å². The van der Waals surface area contributed by atoms with Crippen molar-refractivity contribution in [3.05, 3.63) is 59.8 Å². The van der Waals surface area contributed by atoms with Gasteiger partial charge >= 0.3 is 0 Å². The number of carbonyl (C=O) groups is 2. The van der Waals surface area contributed by atoms with E-state index in [1.165, 1.54) is 0 Å². The number of nitrogens with one attached hydrogen (secondary N) is 2. The summed E-state index contributed by atoms with van der Waals surface area (Å²) in [4.78, 5) is 30.8. The first kappa shape index (κ1) is 22.7. The van der Waals surface area contributed by atoms with Crippen LogP contribution in [0.4, 0.5) is 0 Å². The number of rotatable bonds is 7. The molecule has 33 heavy (non-hydrogen) atoms. The number of nitrogens with zero attached hydrogens (tertiary/aromatic N) is 1. The van der Waals surface area contributed by atoms with Crippen molar-refractivity contribution in [1.29, 1.82) is 0 Å². The van der Waals surface area contributed by atoms with E-state index in [4.69, 9.17) is 9.47 Å². The van der Waals surface area contributed by atoms with Crippen molar-refractivity contribution >= 4 is 22.7 Å². The van der Waals surface area contributed by atoms with Crippen LogP contribution in [0.3, 0.4) is 0 Å². The first-order chi connectivity index (χ1) is 16.0. The number of ether oxygens (including phenoxy) is 2. The molecule has 1 aromatic heterocycles. The number of amides is 2. The van der Waals surface area contributed by atoms with Gasteiger partial charge in [-0.15, -0.1) is 0 Å². The Hall–Kier alpha value is -3.48. The molecule has 1 atom stereocenters. The van der Waals surface area contributed by atoms with Gasteiger partial charge < -0.3 is 24.7 Å². The number of H-pyrrole nitrogens is 1. The number of methoxy groups -OCH3 is 2. The third kappa shape index (κ3) is 5.13. The third-order valence-electron chi connectivity index (χ3n) is 6.61. The summed E-state index contributed by atoms with van der Waals surface area (Å²) >= 11 is 0. The minimum absolute atomic E-state index is 0.00116. The zero-order valence-corrected chi connectivity index (χ0v) is 19.4. The topological polar surface area (TPSA) is 83.7 Å². The molecule has 1 unspecified atom stereocenters. The molecule has 2 amide bonds. The molecule has 4 rings (SSSR count). The second kappa shape index (κ2) is 9.98. The Morgan fingerprint density at radius 3 is 2.52 bits per heavy atom. The second-order valence-corrected chi connectivity index (χ2v) is 8.62. The maximum absolute atomic E-state index is 13.0. The second-order valence-electron chi connectivity index (χ2n) is 8.62. The molecular formula is C26H31N3O4. The number of fused-ring (bicyclic) bond motifs is 1. The summed E-state index contributed by atoms with van der Waals surface area (Å²) in [5, 5.41) is 4.02. The van der Waals surface area contributed by atoms with E-state index in [-0.39, 0.29) is 23.7 Å². The summed E-state index contributed by atoms with van der Waals surface area (Å²) in [7, 11) is 3.26.